The summed E-state index contributed by atoms with van der Waals surface area (Å²) in [7, 11) is 0. The molecule has 0 atom stereocenters. The SMILES string of the molecule is Cc1cccc(-c2nc(C(=O)O)nn2-c2ccc(F)cc2)c1. The highest BCUT2D eigenvalue weighted by Gasteiger charge is 2.18. The first-order valence-corrected chi connectivity index (χ1v) is 6.58. The lowest BCUT2D eigenvalue weighted by Gasteiger charge is -2.06. The Bertz CT molecular complexity index is 841. The minimum Gasteiger partial charge on any atom is -0.475 e. The molecule has 1 heterocycles. The summed E-state index contributed by atoms with van der Waals surface area (Å²) >= 11 is 0. The summed E-state index contributed by atoms with van der Waals surface area (Å²) in [5, 5.41) is 13.1. The van der Waals surface area contributed by atoms with E-state index in [0.717, 1.165) is 11.1 Å². The van der Waals surface area contributed by atoms with Crippen molar-refractivity contribution < 1.29 is 14.3 Å². The molecule has 0 saturated carbocycles. The first-order chi connectivity index (χ1) is 10.5. The molecule has 110 valence electrons. The van der Waals surface area contributed by atoms with Gasteiger partial charge in [-0.3, -0.25) is 0 Å². The van der Waals surface area contributed by atoms with E-state index >= 15 is 0 Å². The molecule has 0 aliphatic heterocycles. The van der Waals surface area contributed by atoms with Crippen molar-refractivity contribution in [3.8, 4) is 17.1 Å². The molecule has 0 aliphatic carbocycles. The molecule has 6 heteroatoms. The molecule has 1 aromatic heterocycles. The molecule has 0 amide bonds. The number of carboxylic acids is 1. The Morgan fingerprint density at radius 3 is 2.55 bits per heavy atom. The Kier molecular flexibility index (Phi) is 3.42. The second kappa shape index (κ2) is 5.40. The first kappa shape index (κ1) is 13.9. The number of rotatable bonds is 3. The summed E-state index contributed by atoms with van der Waals surface area (Å²) in [6.07, 6.45) is 0. The lowest BCUT2D eigenvalue weighted by molar-refractivity contribution is 0.0683. The molecule has 3 aromatic rings. The molecule has 0 fully saturated rings. The number of aryl methyl sites for hydroxylation is 1. The molecule has 1 N–H and O–H groups in total. The third-order valence-electron chi connectivity index (χ3n) is 3.15. The van der Waals surface area contributed by atoms with E-state index in [9.17, 15) is 9.18 Å². The Morgan fingerprint density at radius 2 is 1.91 bits per heavy atom. The molecule has 0 radical (unpaired) electrons. The summed E-state index contributed by atoms with van der Waals surface area (Å²) < 4.78 is 14.5. The lowest BCUT2D eigenvalue weighted by atomic mass is 10.1. The average Bonchev–Trinajstić information content (AvgIpc) is 2.93. The summed E-state index contributed by atoms with van der Waals surface area (Å²) in [6, 6.07) is 13.1. The van der Waals surface area contributed by atoms with E-state index in [-0.39, 0.29) is 11.6 Å². The number of hydrogen-bond donors (Lipinski definition) is 1. The predicted octanol–water partition coefficient (Wildman–Crippen LogP) is 3.08. The number of halogens is 1. The van der Waals surface area contributed by atoms with Crippen molar-refractivity contribution in [3.05, 3.63) is 65.7 Å². The van der Waals surface area contributed by atoms with Gasteiger partial charge in [-0.15, -0.1) is 5.10 Å². The van der Waals surface area contributed by atoms with Crippen molar-refractivity contribution in [1.29, 1.82) is 0 Å². The summed E-state index contributed by atoms with van der Waals surface area (Å²) in [5.74, 6) is -1.50. The van der Waals surface area contributed by atoms with Crippen LogP contribution in [0.25, 0.3) is 17.1 Å². The number of hydrogen-bond acceptors (Lipinski definition) is 3. The van der Waals surface area contributed by atoms with Gasteiger partial charge in [0, 0.05) is 5.56 Å². The van der Waals surface area contributed by atoms with Gasteiger partial charge in [-0.2, -0.15) is 0 Å². The number of benzene rings is 2. The average molecular weight is 297 g/mol. The van der Waals surface area contributed by atoms with Crippen LogP contribution in [0.2, 0.25) is 0 Å². The van der Waals surface area contributed by atoms with Gasteiger partial charge in [0.2, 0.25) is 0 Å². The van der Waals surface area contributed by atoms with Gasteiger partial charge in [0.1, 0.15) is 5.82 Å². The van der Waals surface area contributed by atoms with Crippen molar-refractivity contribution in [2.45, 2.75) is 6.92 Å². The third-order valence-corrected chi connectivity index (χ3v) is 3.15. The molecule has 5 nitrogen and oxygen atoms in total. The second-order valence-corrected chi connectivity index (χ2v) is 4.82. The highest BCUT2D eigenvalue weighted by atomic mass is 19.1. The second-order valence-electron chi connectivity index (χ2n) is 4.82. The van der Waals surface area contributed by atoms with Crippen LogP contribution in [0, 0.1) is 12.7 Å². The van der Waals surface area contributed by atoms with Crippen LogP contribution in [0.3, 0.4) is 0 Å². The van der Waals surface area contributed by atoms with Crippen LogP contribution in [0.5, 0.6) is 0 Å². The van der Waals surface area contributed by atoms with Gasteiger partial charge in [-0.25, -0.2) is 18.9 Å². The number of carbonyl (C=O) groups is 1. The van der Waals surface area contributed by atoms with Crippen LogP contribution in [-0.2, 0) is 0 Å². The third kappa shape index (κ3) is 2.58. The smallest absolute Gasteiger partial charge is 0.375 e. The maximum absolute atomic E-state index is 13.1. The van der Waals surface area contributed by atoms with Gasteiger partial charge in [0.25, 0.3) is 5.82 Å². The molecular weight excluding hydrogens is 285 g/mol. The fourth-order valence-electron chi connectivity index (χ4n) is 2.14. The number of aromatic nitrogens is 3. The Hall–Kier alpha value is -3.02. The molecule has 0 aliphatic rings. The van der Waals surface area contributed by atoms with Gasteiger partial charge < -0.3 is 5.11 Å². The van der Waals surface area contributed by atoms with Crippen LogP contribution >= 0.6 is 0 Å². The Labute approximate surface area is 125 Å². The van der Waals surface area contributed by atoms with E-state index in [1.807, 2.05) is 31.2 Å². The number of carboxylic acid groups (broad SMARTS) is 1. The zero-order valence-electron chi connectivity index (χ0n) is 11.7. The Balaban J connectivity index is 2.20. The molecule has 0 saturated heterocycles. The van der Waals surface area contributed by atoms with E-state index in [1.165, 1.54) is 28.9 Å². The Morgan fingerprint density at radius 1 is 1.18 bits per heavy atom. The van der Waals surface area contributed by atoms with Crippen LogP contribution in [0.4, 0.5) is 4.39 Å². The van der Waals surface area contributed by atoms with E-state index in [1.54, 1.807) is 0 Å². The summed E-state index contributed by atoms with van der Waals surface area (Å²) in [5.41, 5.74) is 2.30. The van der Waals surface area contributed by atoms with Crippen molar-refractivity contribution >= 4 is 5.97 Å². The fraction of sp³-hybridized carbons (Fsp3) is 0.0625. The van der Waals surface area contributed by atoms with Crippen LogP contribution in [0.15, 0.2) is 48.5 Å². The van der Waals surface area contributed by atoms with E-state index in [4.69, 9.17) is 5.11 Å². The normalized spacial score (nSPS) is 10.6. The molecule has 3 rings (SSSR count). The largest absolute Gasteiger partial charge is 0.475 e. The van der Waals surface area contributed by atoms with Crippen molar-refractivity contribution in [2.24, 2.45) is 0 Å². The van der Waals surface area contributed by atoms with Gasteiger partial charge >= 0.3 is 5.97 Å². The molecule has 2 aromatic carbocycles. The van der Waals surface area contributed by atoms with Crippen molar-refractivity contribution in [2.75, 3.05) is 0 Å². The van der Waals surface area contributed by atoms with Gasteiger partial charge in [-0.05, 0) is 37.3 Å². The summed E-state index contributed by atoms with van der Waals surface area (Å²) in [4.78, 5) is 15.2. The lowest BCUT2D eigenvalue weighted by Crippen LogP contribution is -2.02. The molecule has 0 bridgehead atoms. The maximum Gasteiger partial charge on any atom is 0.375 e. The van der Waals surface area contributed by atoms with Gasteiger partial charge in [0.05, 0.1) is 5.69 Å². The summed E-state index contributed by atoms with van der Waals surface area (Å²) in [6.45, 7) is 1.93. The number of nitrogens with zero attached hydrogens (tertiary/aromatic N) is 3. The van der Waals surface area contributed by atoms with Crippen LogP contribution in [-0.4, -0.2) is 25.8 Å². The number of aromatic carboxylic acids is 1. The quantitative estimate of drug-likeness (QED) is 0.806. The minimum absolute atomic E-state index is 0.305. The highest BCUT2D eigenvalue weighted by molar-refractivity contribution is 5.84. The van der Waals surface area contributed by atoms with Crippen molar-refractivity contribution in [1.82, 2.24) is 14.8 Å². The molecule has 0 unspecified atom stereocenters. The first-order valence-electron chi connectivity index (χ1n) is 6.58. The molecule has 22 heavy (non-hydrogen) atoms. The van der Waals surface area contributed by atoms with Crippen molar-refractivity contribution in [3.63, 3.8) is 0 Å². The molecule has 0 spiro atoms. The zero-order valence-corrected chi connectivity index (χ0v) is 11.7. The molecular formula is C16H12FN3O2. The monoisotopic (exact) mass is 297 g/mol. The fourth-order valence-corrected chi connectivity index (χ4v) is 2.14. The standard InChI is InChI=1S/C16H12FN3O2/c1-10-3-2-4-11(9-10)15-18-14(16(21)22)19-20(15)13-7-5-12(17)6-8-13/h2-9H,1H3,(H,21,22). The van der Waals surface area contributed by atoms with Gasteiger partial charge in [-0.1, -0.05) is 23.8 Å². The zero-order chi connectivity index (χ0) is 15.7. The topological polar surface area (TPSA) is 68.0 Å². The maximum atomic E-state index is 13.1. The highest BCUT2D eigenvalue weighted by Crippen LogP contribution is 2.22. The van der Waals surface area contributed by atoms with E-state index < -0.39 is 5.97 Å². The predicted molar refractivity (Wildman–Crippen MR) is 78.4 cm³/mol. The van der Waals surface area contributed by atoms with Crippen LogP contribution < -0.4 is 0 Å². The van der Waals surface area contributed by atoms with E-state index in [2.05, 4.69) is 10.1 Å². The van der Waals surface area contributed by atoms with Gasteiger partial charge in [0.15, 0.2) is 5.82 Å². The van der Waals surface area contributed by atoms with Crippen LogP contribution in [0.1, 0.15) is 16.2 Å². The van der Waals surface area contributed by atoms with E-state index in [0.29, 0.717) is 11.5 Å². The minimum atomic E-state index is -1.21.